The third-order valence-electron chi connectivity index (χ3n) is 4.79. The van der Waals surface area contributed by atoms with Gasteiger partial charge in [0.05, 0.1) is 12.6 Å². The van der Waals surface area contributed by atoms with Gasteiger partial charge in [0.25, 0.3) is 0 Å². The monoisotopic (exact) mass is 304 g/mol. The Kier molecular flexibility index (Phi) is 5.83. The topological polar surface area (TPSA) is 52.6 Å². The molecular weight excluding hydrogens is 276 g/mol. The molecule has 1 aromatic carbocycles. The van der Waals surface area contributed by atoms with Gasteiger partial charge >= 0.3 is 6.03 Å². The van der Waals surface area contributed by atoms with Crippen LogP contribution in [-0.4, -0.2) is 35.2 Å². The molecular formula is C18H28N2O2. The highest BCUT2D eigenvalue weighted by Gasteiger charge is 2.31. The van der Waals surface area contributed by atoms with Crippen molar-refractivity contribution in [3.05, 3.63) is 29.3 Å². The number of rotatable bonds is 4. The van der Waals surface area contributed by atoms with Crippen molar-refractivity contribution in [2.24, 2.45) is 5.92 Å². The summed E-state index contributed by atoms with van der Waals surface area (Å²) in [5.74, 6) is 0.344. The average Bonchev–Trinajstić information content (AvgIpc) is 2.54. The molecule has 0 aliphatic carbocycles. The lowest BCUT2D eigenvalue weighted by molar-refractivity contribution is 0.0811. The minimum Gasteiger partial charge on any atom is -0.394 e. The predicted molar refractivity (Wildman–Crippen MR) is 90.2 cm³/mol. The molecule has 22 heavy (non-hydrogen) atoms. The van der Waals surface area contributed by atoms with Gasteiger partial charge in [0.2, 0.25) is 0 Å². The lowest BCUT2D eigenvalue weighted by atomic mass is 9.91. The summed E-state index contributed by atoms with van der Waals surface area (Å²) in [6.45, 7) is 7.06. The smallest absolute Gasteiger partial charge is 0.322 e. The van der Waals surface area contributed by atoms with E-state index in [-0.39, 0.29) is 18.7 Å². The number of benzene rings is 1. The van der Waals surface area contributed by atoms with Crippen LogP contribution in [0.5, 0.6) is 0 Å². The number of aliphatic hydroxyl groups is 1. The van der Waals surface area contributed by atoms with Gasteiger partial charge in [0.15, 0.2) is 0 Å². The zero-order chi connectivity index (χ0) is 16.1. The molecule has 0 spiro atoms. The van der Waals surface area contributed by atoms with Crippen molar-refractivity contribution in [3.8, 4) is 0 Å². The van der Waals surface area contributed by atoms with Crippen LogP contribution in [0.3, 0.4) is 0 Å². The highest BCUT2D eigenvalue weighted by atomic mass is 16.3. The van der Waals surface area contributed by atoms with Crippen LogP contribution in [0, 0.1) is 5.92 Å². The Morgan fingerprint density at radius 2 is 1.95 bits per heavy atom. The molecule has 0 bridgehead atoms. The Bertz CT molecular complexity index is 494. The second kappa shape index (κ2) is 7.63. The molecule has 0 radical (unpaired) electrons. The van der Waals surface area contributed by atoms with Gasteiger partial charge in [-0.05, 0) is 42.7 Å². The fourth-order valence-corrected chi connectivity index (χ4v) is 3.36. The van der Waals surface area contributed by atoms with E-state index in [9.17, 15) is 9.90 Å². The first-order valence-corrected chi connectivity index (χ1v) is 8.41. The molecule has 2 rings (SSSR count). The number of hydrogen-bond donors (Lipinski definition) is 2. The number of carbonyl (C=O) groups is 1. The fraction of sp³-hybridized carbons (Fsp3) is 0.611. The van der Waals surface area contributed by atoms with E-state index >= 15 is 0 Å². The van der Waals surface area contributed by atoms with Crippen LogP contribution in [-0.2, 0) is 12.8 Å². The lowest BCUT2D eigenvalue weighted by Gasteiger charge is -2.39. The summed E-state index contributed by atoms with van der Waals surface area (Å²) in [6, 6.07) is 6.02. The molecule has 1 aliphatic rings. The number of amides is 2. The maximum absolute atomic E-state index is 12.7. The van der Waals surface area contributed by atoms with Gasteiger partial charge in [0.1, 0.15) is 0 Å². The highest BCUT2D eigenvalue weighted by Crippen LogP contribution is 2.26. The molecule has 0 saturated carbocycles. The summed E-state index contributed by atoms with van der Waals surface area (Å²) in [7, 11) is 0. The van der Waals surface area contributed by atoms with E-state index in [1.165, 1.54) is 11.1 Å². The summed E-state index contributed by atoms with van der Waals surface area (Å²) in [5, 5.41) is 12.7. The predicted octanol–water partition coefficient (Wildman–Crippen LogP) is 3.44. The molecule has 2 atom stereocenters. The van der Waals surface area contributed by atoms with Gasteiger partial charge < -0.3 is 15.3 Å². The summed E-state index contributed by atoms with van der Waals surface area (Å²) >= 11 is 0. The van der Waals surface area contributed by atoms with Crippen molar-refractivity contribution >= 4 is 11.7 Å². The molecule has 4 heteroatoms. The maximum atomic E-state index is 12.7. The zero-order valence-corrected chi connectivity index (χ0v) is 13.9. The van der Waals surface area contributed by atoms with Gasteiger partial charge in [0, 0.05) is 12.2 Å². The average molecular weight is 304 g/mol. The van der Waals surface area contributed by atoms with Crippen molar-refractivity contribution in [2.45, 2.75) is 52.5 Å². The number of piperidine rings is 1. The first-order valence-electron chi connectivity index (χ1n) is 8.41. The van der Waals surface area contributed by atoms with E-state index in [0.717, 1.165) is 37.9 Å². The zero-order valence-electron chi connectivity index (χ0n) is 13.9. The number of nitrogens with one attached hydrogen (secondary N) is 1. The Morgan fingerprint density at radius 3 is 2.50 bits per heavy atom. The quantitative estimate of drug-likeness (QED) is 0.895. The number of anilines is 1. The third kappa shape index (κ3) is 3.43. The van der Waals surface area contributed by atoms with Crippen LogP contribution < -0.4 is 5.32 Å². The van der Waals surface area contributed by atoms with E-state index in [1.54, 1.807) is 4.90 Å². The van der Waals surface area contributed by atoms with Crippen molar-refractivity contribution in [2.75, 3.05) is 18.5 Å². The first kappa shape index (κ1) is 16.8. The summed E-state index contributed by atoms with van der Waals surface area (Å²) in [6.07, 6.45) is 3.86. The van der Waals surface area contributed by atoms with E-state index in [1.807, 2.05) is 6.07 Å². The van der Waals surface area contributed by atoms with Gasteiger partial charge in [-0.25, -0.2) is 4.79 Å². The minimum atomic E-state index is -0.0822. The number of nitrogens with zero attached hydrogens (tertiary/aromatic N) is 1. The Morgan fingerprint density at radius 1 is 1.32 bits per heavy atom. The van der Waals surface area contributed by atoms with Gasteiger partial charge in [-0.15, -0.1) is 0 Å². The molecule has 2 N–H and O–H groups in total. The normalized spacial score (nSPS) is 21.7. The molecule has 1 aromatic rings. The van der Waals surface area contributed by atoms with Crippen molar-refractivity contribution in [1.82, 2.24) is 4.90 Å². The van der Waals surface area contributed by atoms with Crippen LogP contribution in [0.2, 0.25) is 0 Å². The number of aliphatic hydroxyl groups excluding tert-OH is 1. The van der Waals surface area contributed by atoms with Crippen LogP contribution in [0.4, 0.5) is 10.5 Å². The number of likely N-dealkylation sites (tertiary alicyclic amines) is 1. The standard InChI is InChI=1S/C18H28N2O2/c1-4-14-9-6-10-15(5-2)17(14)19-18(22)20-11-7-8-13(3)16(20)12-21/h6,9-10,13,16,21H,4-5,7-8,11-12H2,1-3H3,(H,19,22). The van der Waals surface area contributed by atoms with E-state index in [4.69, 9.17) is 0 Å². The molecule has 1 heterocycles. The van der Waals surface area contributed by atoms with Crippen molar-refractivity contribution in [1.29, 1.82) is 0 Å². The lowest BCUT2D eigenvalue weighted by Crippen LogP contribution is -2.51. The number of para-hydroxylation sites is 1. The molecule has 122 valence electrons. The van der Waals surface area contributed by atoms with Crippen molar-refractivity contribution < 1.29 is 9.90 Å². The van der Waals surface area contributed by atoms with Crippen LogP contribution >= 0.6 is 0 Å². The molecule has 0 aromatic heterocycles. The first-order chi connectivity index (χ1) is 10.6. The van der Waals surface area contributed by atoms with Crippen LogP contribution in [0.25, 0.3) is 0 Å². The van der Waals surface area contributed by atoms with Crippen molar-refractivity contribution in [3.63, 3.8) is 0 Å². The molecule has 1 aliphatic heterocycles. The Hall–Kier alpha value is -1.55. The largest absolute Gasteiger partial charge is 0.394 e. The van der Waals surface area contributed by atoms with Crippen LogP contribution in [0.15, 0.2) is 18.2 Å². The molecule has 1 fully saturated rings. The van der Waals surface area contributed by atoms with Crippen LogP contribution in [0.1, 0.15) is 44.7 Å². The molecule has 1 saturated heterocycles. The number of carbonyl (C=O) groups excluding carboxylic acids is 1. The summed E-state index contributed by atoms with van der Waals surface area (Å²) in [5.41, 5.74) is 3.28. The van der Waals surface area contributed by atoms with Gasteiger partial charge in [-0.1, -0.05) is 39.0 Å². The Labute approximate surface area is 133 Å². The molecule has 2 amide bonds. The van der Waals surface area contributed by atoms with Gasteiger partial charge in [-0.3, -0.25) is 0 Å². The molecule has 2 unspecified atom stereocenters. The van der Waals surface area contributed by atoms with E-state index < -0.39 is 0 Å². The van der Waals surface area contributed by atoms with E-state index in [2.05, 4.69) is 38.2 Å². The number of aryl methyl sites for hydroxylation is 2. The highest BCUT2D eigenvalue weighted by molar-refractivity contribution is 5.91. The number of urea groups is 1. The third-order valence-corrected chi connectivity index (χ3v) is 4.79. The number of hydrogen-bond acceptors (Lipinski definition) is 2. The van der Waals surface area contributed by atoms with Gasteiger partial charge in [-0.2, -0.15) is 0 Å². The second-order valence-electron chi connectivity index (χ2n) is 6.15. The second-order valence-corrected chi connectivity index (χ2v) is 6.15. The fourth-order valence-electron chi connectivity index (χ4n) is 3.36. The summed E-state index contributed by atoms with van der Waals surface area (Å²) < 4.78 is 0. The maximum Gasteiger partial charge on any atom is 0.322 e. The Balaban J connectivity index is 2.21. The minimum absolute atomic E-state index is 0.0324. The summed E-state index contributed by atoms with van der Waals surface area (Å²) in [4.78, 5) is 14.5. The SMILES string of the molecule is CCc1cccc(CC)c1NC(=O)N1CCCC(C)C1CO. The van der Waals surface area contributed by atoms with E-state index in [0.29, 0.717) is 5.92 Å². The molecule has 4 nitrogen and oxygen atoms in total.